The maximum absolute atomic E-state index is 10.2. The molecule has 0 spiro atoms. The molecule has 90 valence electrons. The lowest BCUT2D eigenvalue weighted by atomic mass is 10.1. The van der Waals surface area contributed by atoms with E-state index in [0.717, 1.165) is 15.7 Å². The maximum atomic E-state index is 10.2. The zero-order valence-corrected chi connectivity index (χ0v) is 12.2. The van der Waals surface area contributed by atoms with Crippen LogP contribution >= 0.6 is 27.3 Å². The van der Waals surface area contributed by atoms with Crippen LogP contribution in [0.2, 0.25) is 0 Å². The standard InChI is InChI=1S/C13H14BrNOS/c1-8-5-12(9(2)17-8)13(16)6-11-4-3-10(14)7-15-11/h3-5,7,13,16H,6H2,1-2H3. The molecule has 0 bridgehead atoms. The second-order valence-corrected chi connectivity index (χ2v) is 6.43. The third-order valence-corrected chi connectivity index (χ3v) is 4.08. The van der Waals surface area contributed by atoms with Crippen LogP contribution in [-0.2, 0) is 6.42 Å². The van der Waals surface area contributed by atoms with Crippen molar-refractivity contribution in [1.29, 1.82) is 0 Å². The largest absolute Gasteiger partial charge is 0.388 e. The number of aromatic nitrogens is 1. The van der Waals surface area contributed by atoms with E-state index in [1.807, 2.05) is 19.1 Å². The Bertz CT molecular complexity index is 507. The minimum Gasteiger partial charge on any atom is -0.388 e. The molecule has 2 rings (SSSR count). The molecule has 0 radical (unpaired) electrons. The van der Waals surface area contributed by atoms with Gasteiger partial charge in [0.2, 0.25) is 0 Å². The number of rotatable bonds is 3. The molecule has 0 saturated heterocycles. The summed E-state index contributed by atoms with van der Waals surface area (Å²) in [7, 11) is 0. The molecule has 4 heteroatoms. The maximum Gasteiger partial charge on any atom is 0.0856 e. The SMILES string of the molecule is Cc1cc(C(O)Cc2ccc(Br)cn2)c(C)s1. The lowest BCUT2D eigenvalue weighted by Gasteiger charge is -2.09. The van der Waals surface area contributed by atoms with Crippen molar-refractivity contribution in [3.8, 4) is 0 Å². The van der Waals surface area contributed by atoms with Crippen molar-refractivity contribution in [2.75, 3.05) is 0 Å². The summed E-state index contributed by atoms with van der Waals surface area (Å²) in [4.78, 5) is 6.70. The third-order valence-electron chi connectivity index (χ3n) is 2.63. The van der Waals surface area contributed by atoms with Gasteiger partial charge in [0.25, 0.3) is 0 Å². The van der Waals surface area contributed by atoms with E-state index >= 15 is 0 Å². The second-order valence-electron chi connectivity index (χ2n) is 4.06. The molecule has 1 atom stereocenters. The quantitative estimate of drug-likeness (QED) is 0.935. The summed E-state index contributed by atoms with van der Waals surface area (Å²) < 4.78 is 0.957. The van der Waals surface area contributed by atoms with Crippen molar-refractivity contribution in [2.45, 2.75) is 26.4 Å². The normalized spacial score (nSPS) is 12.7. The molecule has 0 fully saturated rings. The summed E-state index contributed by atoms with van der Waals surface area (Å²) in [6, 6.07) is 5.94. The van der Waals surface area contributed by atoms with E-state index < -0.39 is 6.10 Å². The van der Waals surface area contributed by atoms with Gasteiger partial charge < -0.3 is 5.11 Å². The molecule has 2 aromatic rings. The van der Waals surface area contributed by atoms with Gasteiger partial charge in [-0.15, -0.1) is 11.3 Å². The number of aliphatic hydroxyl groups is 1. The van der Waals surface area contributed by atoms with Crippen LogP contribution in [-0.4, -0.2) is 10.1 Å². The summed E-state index contributed by atoms with van der Waals surface area (Å²) in [5.41, 5.74) is 1.93. The average Bonchev–Trinajstić information content (AvgIpc) is 2.61. The summed E-state index contributed by atoms with van der Waals surface area (Å²) in [5.74, 6) is 0. The van der Waals surface area contributed by atoms with E-state index in [2.05, 4.69) is 33.9 Å². The zero-order chi connectivity index (χ0) is 12.4. The van der Waals surface area contributed by atoms with Gasteiger partial charge in [-0.3, -0.25) is 4.98 Å². The van der Waals surface area contributed by atoms with Gasteiger partial charge in [-0.25, -0.2) is 0 Å². The van der Waals surface area contributed by atoms with Gasteiger partial charge in [-0.1, -0.05) is 0 Å². The minimum atomic E-state index is -0.464. The Balaban J connectivity index is 2.14. The van der Waals surface area contributed by atoms with E-state index in [9.17, 15) is 5.11 Å². The highest BCUT2D eigenvalue weighted by Crippen LogP contribution is 2.28. The van der Waals surface area contributed by atoms with Crippen LogP contribution in [0.15, 0.2) is 28.9 Å². The fraction of sp³-hybridized carbons (Fsp3) is 0.308. The van der Waals surface area contributed by atoms with Crippen LogP contribution in [0.3, 0.4) is 0 Å². The third kappa shape index (κ3) is 3.15. The summed E-state index contributed by atoms with van der Waals surface area (Å²) in [6.45, 7) is 4.11. The van der Waals surface area contributed by atoms with E-state index in [1.165, 1.54) is 9.75 Å². The molecule has 0 aliphatic heterocycles. The van der Waals surface area contributed by atoms with Gasteiger partial charge in [0.1, 0.15) is 0 Å². The van der Waals surface area contributed by atoms with Crippen LogP contribution in [0.5, 0.6) is 0 Å². The molecule has 2 nitrogen and oxygen atoms in total. The van der Waals surface area contributed by atoms with E-state index in [-0.39, 0.29) is 0 Å². The highest BCUT2D eigenvalue weighted by molar-refractivity contribution is 9.10. The molecule has 2 heterocycles. The van der Waals surface area contributed by atoms with Crippen LogP contribution in [0, 0.1) is 13.8 Å². The Hall–Kier alpha value is -0.710. The van der Waals surface area contributed by atoms with Crippen molar-refractivity contribution in [3.05, 3.63) is 49.9 Å². The number of nitrogens with zero attached hydrogens (tertiary/aromatic N) is 1. The highest BCUT2D eigenvalue weighted by Gasteiger charge is 2.14. The van der Waals surface area contributed by atoms with E-state index in [0.29, 0.717) is 6.42 Å². The first-order valence-electron chi connectivity index (χ1n) is 5.41. The molecule has 0 amide bonds. The van der Waals surface area contributed by atoms with Crippen LogP contribution < -0.4 is 0 Å². The van der Waals surface area contributed by atoms with E-state index in [1.54, 1.807) is 17.5 Å². The monoisotopic (exact) mass is 311 g/mol. The highest BCUT2D eigenvalue weighted by atomic mass is 79.9. The van der Waals surface area contributed by atoms with Gasteiger partial charge >= 0.3 is 0 Å². The van der Waals surface area contributed by atoms with Crippen LogP contribution in [0.4, 0.5) is 0 Å². The van der Waals surface area contributed by atoms with Crippen molar-refractivity contribution in [2.24, 2.45) is 0 Å². The molecule has 0 aliphatic rings. The molecule has 17 heavy (non-hydrogen) atoms. The first kappa shape index (κ1) is 12.7. The minimum absolute atomic E-state index is 0.464. The second kappa shape index (κ2) is 5.29. The Morgan fingerprint density at radius 3 is 2.71 bits per heavy atom. The van der Waals surface area contributed by atoms with Gasteiger partial charge in [-0.2, -0.15) is 0 Å². The van der Waals surface area contributed by atoms with E-state index in [4.69, 9.17) is 0 Å². The van der Waals surface area contributed by atoms with Crippen molar-refractivity contribution in [1.82, 2.24) is 4.98 Å². The van der Waals surface area contributed by atoms with Gasteiger partial charge in [0.15, 0.2) is 0 Å². The Kier molecular flexibility index (Phi) is 3.97. The first-order chi connectivity index (χ1) is 8.06. The number of aryl methyl sites for hydroxylation is 2. The van der Waals surface area contributed by atoms with Crippen molar-refractivity contribution < 1.29 is 5.11 Å². The van der Waals surface area contributed by atoms with Crippen LogP contribution in [0.1, 0.15) is 27.1 Å². The molecule has 0 saturated carbocycles. The Morgan fingerprint density at radius 1 is 1.41 bits per heavy atom. The molecule has 0 aromatic carbocycles. The number of halogens is 1. The van der Waals surface area contributed by atoms with Crippen molar-refractivity contribution >= 4 is 27.3 Å². The zero-order valence-electron chi connectivity index (χ0n) is 9.77. The summed E-state index contributed by atoms with van der Waals surface area (Å²) in [6.07, 6.45) is 1.85. The predicted octanol–water partition coefficient (Wildman–Crippen LogP) is 3.80. The molecule has 0 aliphatic carbocycles. The molecule has 1 unspecified atom stereocenters. The van der Waals surface area contributed by atoms with Crippen LogP contribution in [0.25, 0.3) is 0 Å². The van der Waals surface area contributed by atoms with Gasteiger partial charge in [0, 0.05) is 32.5 Å². The predicted molar refractivity (Wildman–Crippen MR) is 74.4 cm³/mol. The summed E-state index contributed by atoms with van der Waals surface area (Å²) in [5, 5.41) is 10.2. The fourth-order valence-corrected chi connectivity index (χ4v) is 3.03. The Morgan fingerprint density at radius 2 is 2.18 bits per heavy atom. The fourth-order valence-electron chi connectivity index (χ4n) is 1.82. The average molecular weight is 312 g/mol. The molecule has 2 aromatic heterocycles. The first-order valence-corrected chi connectivity index (χ1v) is 7.02. The topological polar surface area (TPSA) is 33.1 Å². The number of pyridine rings is 1. The number of hydrogen-bond donors (Lipinski definition) is 1. The Labute approximate surface area is 113 Å². The van der Waals surface area contributed by atoms with Gasteiger partial charge in [-0.05, 0) is 53.5 Å². The molecule has 1 N–H and O–H groups in total. The lowest BCUT2D eigenvalue weighted by Crippen LogP contribution is -2.03. The van der Waals surface area contributed by atoms with Gasteiger partial charge in [0.05, 0.1) is 6.10 Å². The lowest BCUT2D eigenvalue weighted by molar-refractivity contribution is 0.177. The number of aliphatic hydroxyl groups excluding tert-OH is 1. The molecular weight excluding hydrogens is 298 g/mol. The number of hydrogen-bond acceptors (Lipinski definition) is 3. The molecular formula is C13H14BrNOS. The summed E-state index contributed by atoms with van der Waals surface area (Å²) >= 11 is 5.07. The van der Waals surface area contributed by atoms with Crippen molar-refractivity contribution in [3.63, 3.8) is 0 Å². The smallest absolute Gasteiger partial charge is 0.0856 e. The number of thiophene rings is 1.